The smallest absolute Gasteiger partial charge is 0.407 e. The molecule has 1 aromatic heterocycles. The van der Waals surface area contributed by atoms with Gasteiger partial charge in [-0.1, -0.05) is 0 Å². The first-order valence-electron chi connectivity index (χ1n) is 4.20. The molecule has 7 heteroatoms. The van der Waals surface area contributed by atoms with Crippen LogP contribution in [0.25, 0.3) is 0 Å². The summed E-state index contributed by atoms with van der Waals surface area (Å²) in [5.41, 5.74) is 0.298. The zero-order chi connectivity index (χ0) is 11.4. The highest BCUT2D eigenvalue weighted by Crippen LogP contribution is 2.09. The van der Waals surface area contributed by atoms with Crippen LogP contribution in [0, 0.1) is 15.0 Å². The highest BCUT2D eigenvalue weighted by atomic mass is 127. The normalized spacial score (nSPS) is 9.67. The summed E-state index contributed by atoms with van der Waals surface area (Å²) in [6.07, 6.45) is -0.998. The lowest BCUT2D eigenvalue weighted by molar-refractivity contribution is 0.144. The third-order valence-corrected chi connectivity index (χ3v) is 2.59. The standard InChI is InChI=1S/C8H9IN4O2/c1-2-13(8(14)15)4-6-11-5(3-10)7(9)12-6/h2,4H2,1H3,(H,11,12)(H,14,15). The molecule has 15 heavy (non-hydrogen) atoms. The van der Waals surface area contributed by atoms with Gasteiger partial charge in [0.25, 0.3) is 0 Å². The van der Waals surface area contributed by atoms with E-state index >= 15 is 0 Å². The fourth-order valence-electron chi connectivity index (χ4n) is 1.04. The predicted molar refractivity (Wildman–Crippen MR) is 60.1 cm³/mol. The van der Waals surface area contributed by atoms with Crippen molar-refractivity contribution in [2.45, 2.75) is 13.5 Å². The molecule has 0 aromatic carbocycles. The summed E-state index contributed by atoms with van der Waals surface area (Å²) < 4.78 is 0.631. The van der Waals surface area contributed by atoms with E-state index in [4.69, 9.17) is 10.4 Å². The second-order valence-electron chi connectivity index (χ2n) is 2.75. The number of aromatic amines is 1. The summed E-state index contributed by atoms with van der Waals surface area (Å²) in [7, 11) is 0. The molecule has 80 valence electrons. The molecule has 0 fully saturated rings. The van der Waals surface area contributed by atoms with E-state index in [2.05, 4.69) is 9.97 Å². The van der Waals surface area contributed by atoms with Gasteiger partial charge in [-0.15, -0.1) is 0 Å². The van der Waals surface area contributed by atoms with Crippen LogP contribution in [0.4, 0.5) is 4.79 Å². The van der Waals surface area contributed by atoms with Gasteiger partial charge in [-0.05, 0) is 29.5 Å². The van der Waals surface area contributed by atoms with Gasteiger partial charge in [0.2, 0.25) is 0 Å². The molecule has 6 nitrogen and oxygen atoms in total. The molecule has 0 bridgehead atoms. The Bertz CT molecular complexity index is 409. The maximum absolute atomic E-state index is 10.7. The second-order valence-corrected chi connectivity index (χ2v) is 3.83. The summed E-state index contributed by atoms with van der Waals surface area (Å²) in [6.45, 7) is 2.30. The first-order chi connectivity index (χ1) is 7.08. The van der Waals surface area contributed by atoms with Crippen molar-refractivity contribution in [3.63, 3.8) is 0 Å². The summed E-state index contributed by atoms with van der Waals surface area (Å²) in [5.74, 6) is 0.486. The number of imidazole rings is 1. The minimum atomic E-state index is -0.998. The molecule has 0 spiro atoms. The minimum Gasteiger partial charge on any atom is -0.465 e. The minimum absolute atomic E-state index is 0.170. The molecule has 0 unspecified atom stereocenters. The largest absolute Gasteiger partial charge is 0.465 e. The van der Waals surface area contributed by atoms with Crippen molar-refractivity contribution in [2.24, 2.45) is 0 Å². The maximum atomic E-state index is 10.7. The SMILES string of the molecule is CCN(Cc1nc(C#N)c(I)[nH]1)C(=O)O. The Kier molecular flexibility index (Phi) is 3.90. The van der Waals surface area contributed by atoms with Crippen molar-refractivity contribution in [2.75, 3.05) is 6.54 Å². The Hall–Kier alpha value is -1.30. The van der Waals surface area contributed by atoms with Crippen molar-refractivity contribution < 1.29 is 9.90 Å². The fraction of sp³-hybridized carbons (Fsp3) is 0.375. The van der Waals surface area contributed by atoms with E-state index in [1.165, 1.54) is 4.90 Å². The number of nitriles is 1. The fourth-order valence-corrected chi connectivity index (χ4v) is 1.59. The average Bonchev–Trinajstić information content (AvgIpc) is 2.54. The van der Waals surface area contributed by atoms with Gasteiger partial charge in [-0.25, -0.2) is 9.78 Å². The van der Waals surface area contributed by atoms with Gasteiger partial charge in [0, 0.05) is 6.54 Å². The van der Waals surface area contributed by atoms with Crippen LogP contribution in [-0.4, -0.2) is 32.6 Å². The topological polar surface area (TPSA) is 93.0 Å². The number of nitrogens with zero attached hydrogens (tertiary/aromatic N) is 3. The second kappa shape index (κ2) is 4.97. The van der Waals surface area contributed by atoms with Gasteiger partial charge in [0.05, 0.1) is 6.54 Å². The molecule has 0 aliphatic rings. The number of carboxylic acid groups (broad SMARTS) is 1. The van der Waals surface area contributed by atoms with Gasteiger partial charge in [-0.2, -0.15) is 5.26 Å². The van der Waals surface area contributed by atoms with Crippen molar-refractivity contribution in [1.29, 1.82) is 5.26 Å². The lowest BCUT2D eigenvalue weighted by atomic mass is 10.5. The van der Waals surface area contributed by atoms with Crippen LogP contribution in [-0.2, 0) is 6.54 Å². The number of rotatable bonds is 3. The molecular formula is C8H9IN4O2. The Morgan fingerprint density at radius 3 is 2.87 bits per heavy atom. The molecule has 1 aromatic rings. The average molecular weight is 320 g/mol. The number of hydrogen-bond donors (Lipinski definition) is 2. The Labute approximate surface area is 100 Å². The van der Waals surface area contributed by atoms with Gasteiger partial charge in [-0.3, -0.25) is 0 Å². The number of aromatic nitrogens is 2. The number of nitrogens with one attached hydrogen (secondary N) is 1. The lowest BCUT2D eigenvalue weighted by Crippen LogP contribution is -2.28. The molecule has 0 atom stereocenters. The third kappa shape index (κ3) is 2.82. The lowest BCUT2D eigenvalue weighted by Gasteiger charge is -2.14. The van der Waals surface area contributed by atoms with Gasteiger partial charge in [0.1, 0.15) is 15.6 Å². The van der Waals surface area contributed by atoms with E-state index in [9.17, 15) is 4.79 Å². The third-order valence-electron chi connectivity index (χ3n) is 1.81. The van der Waals surface area contributed by atoms with Crippen molar-refractivity contribution >= 4 is 28.7 Å². The molecule has 1 heterocycles. The van der Waals surface area contributed by atoms with Crippen LogP contribution in [0.1, 0.15) is 18.4 Å². The first kappa shape index (κ1) is 11.8. The van der Waals surface area contributed by atoms with E-state index in [1.807, 2.05) is 28.7 Å². The van der Waals surface area contributed by atoms with Crippen molar-refractivity contribution in [1.82, 2.24) is 14.9 Å². The highest BCUT2D eigenvalue weighted by Gasteiger charge is 2.13. The summed E-state index contributed by atoms with van der Waals surface area (Å²) >= 11 is 1.95. The highest BCUT2D eigenvalue weighted by molar-refractivity contribution is 14.1. The summed E-state index contributed by atoms with van der Waals surface area (Å²) in [6, 6.07) is 1.92. The Balaban J connectivity index is 2.81. The number of halogens is 1. The van der Waals surface area contributed by atoms with Crippen molar-refractivity contribution in [3.05, 3.63) is 15.2 Å². The van der Waals surface area contributed by atoms with Crippen LogP contribution < -0.4 is 0 Å². The maximum Gasteiger partial charge on any atom is 0.407 e. The molecular weight excluding hydrogens is 311 g/mol. The van der Waals surface area contributed by atoms with Gasteiger partial charge >= 0.3 is 6.09 Å². The van der Waals surface area contributed by atoms with E-state index in [0.717, 1.165) is 0 Å². The van der Waals surface area contributed by atoms with Crippen molar-refractivity contribution in [3.8, 4) is 6.07 Å². The van der Waals surface area contributed by atoms with Crippen LogP contribution in [0.15, 0.2) is 0 Å². The van der Waals surface area contributed by atoms with Crippen LogP contribution >= 0.6 is 22.6 Å². The van der Waals surface area contributed by atoms with Crippen LogP contribution in [0.3, 0.4) is 0 Å². The molecule has 1 rings (SSSR count). The van der Waals surface area contributed by atoms with Gasteiger partial charge < -0.3 is 15.0 Å². The Morgan fingerprint density at radius 2 is 2.47 bits per heavy atom. The molecule has 0 saturated heterocycles. The summed E-state index contributed by atoms with van der Waals surface area (Å²) in [5, 5.41) is 17.5. The molecule has 0 aliphatic carbocycles. The Morgan fingerprint density at radius 1 is 1.80 bits per heavy atom. The number of H-pyrrole nitrogens is 1. The molecule has 0 saturated carbocycles. The first-order valence-corrected chi connectivity index (χ1v) is 5.28. The van der Waals surface area contributed by atoms with E-state index in [1.54, 1.807) is 6.92 Å². The van der Waals surface area contributed by atoms with E-state index in [0.29, 0.717) is 21.8 Å². The molecule has 2 N–H and O–H groups in total. The van der Waals surface area contributed by atoms with E-state index in [-0.39, 0.29) is 6.54 Å². The summed E-state index contributed by atoms with van der Waals surface area (Å²) in [4.78, 5) is 18.8. The molecule has 1 amide bonds. The zero-order valence-corrected chi connectivity index (χ0v) is 10.1. The van der Waals surface area contributed by atoms with Crippen LogP contribution in [0.5, 0.6) is 0 Å². The number of hydrogen-bond acceptors (Lipinski definition) is 3. The number of amides is 1. The quantitative estimate of drug-likeness (QED) is 0.823. The zero-order valence-electron chi connectivity index (χ0n) is 7.99. The van der Waals surface area contributed by atoms with Gasteiger partial charge in [0.15, 0.2) is 5.69 Å². The molecule has 0 aliphatic heterocycles. The predicted octanol–water partition coefficient (Wildman–Crippen LogP) is 1.39. The van der Waals surface area contributed by atoms with E-state index < -0.39 is 6.09 Å². The number of carbonyl (C=O) groups is 1. The van der Waals surface area contributed by atoms with Crippen LogP contribution in [0.2, 0.25) is 0 Å². The molecule has 0 radical (unpaired) electrons. The monoisotopic (exact) mass is 320 g/mol.